The maximum absolute atomic E-state index is 13.3. The smallest absolute Gasteiger partial charge is 0.341 e. The molecule has 0 spiro atoms. The third kappa shape index (κ3) is 6.87. The number of rotatable bonds is 9. The number of carbonyl (C=O) groups is 3. The van der Waals surface area contributed by atoms with Gasteiger partial charge in [-0.2, -0.15) is 0 Å². The quantitative estimate of drug-likeness (QED) is 0.361. The monoisotopic (exact) mass is 556 g/mol. The zero-order valence-electron chi connectivity index (χ0n) is 19.7. The van der Waals surface area contributed by atoms with Crippen LogP contribution in [0.4, 0.5) is 5.82 Å². The number of benzene rings is 2. The summed E-state index contributed by atoms with van der Waals surface area (Å²) in [5.41, 5.74) is 1.56. The third-order valence-electron chi connectivity index (χ3n) is 5.60. The standard InChI is InChI=1S/C26H22Cl2N4O5.CH4/c1-32-9-8-29-25(32)16-4-2-15(3-5-16)21(33)12-19-20(10-18(28)11-22(19)37-14-24(34)35)26(36)31-23-7-6-17(27)13-30-23;/h2-7,10-11,13H,8-9,12,14H2,1H3,(H,34,35)(H,30,31,36);1H4. The van der Waals surface area contributed by atoms with E-state index in [9.17, 15) is 14.4 Å². The molecule has 3 aromatic rings. The molecule has 0 bridgehead atoms. The molecule has 0 radical (unpaired) electrons. The number of carboxylic acid groups (broad SMARTS) is 1. The number of nitrogens with one attached hydrogen (secondary N) is 1. The van der Waals surface area contributed by atoms with Crippen LogP contribution in [-0.4, -0.2) is 65.2 Å². The number of ether oxygens (including phenoxy) is 1. The molecule has 0 atom stereocenters. The number of hydrogen-bond donors (Lipinski definition) is 2. The van der Waals surface area contributed by atoms with Crippen molar-refractivity contribution in [3.8, 4) is 5.75 Å². The number of amidine groups is 1. The topological polar surface area (TPSA) is 121 Å². The van der Waals surface area contributed by atoms with Crippen LogP contribution in [-0.2, 0) is 11.2 Å². The van der Waals surface area contributed by atoms with Crippen LogP contribution in [0.5, 0.6) is 5.75 Å². The number of carboxylic acids is 1. The number of ketones is 1. The molecule has 0 fully saturated rings. The molecule has 11 heteroatoms. The Bertz CT molecular complexity index is 1380. The maximum Gasteiger partial charge on any atom is 0.341 e. The molecular weight excluding hydrogens is 531 g/mol. The normalized spacial score (nSPS) is 12.4. The Kier molecular flexibility index (Phi) is 9.44. The van der Waals surface area contributed by atoms with Gasteiger partial charge in [0.25, 0.3) is 5.91 Å². The van der Waals surface area contributed by atoms with E-state index >= 15 is 0 Å². The van der Waals surface area contributed by atoms with Crippen molar-refractivity contribution < 1.29 is 24.2 Å². The van der Waals surface area contributed by atoms with Crippen LogP contribution in [0.1, 0.15) is 39.3 Å². The number of aliphatic carboxylic acids is 1. The second kappa shape index (κ2) is 12.5. The fourth-order valence-corrected chi connectivity index (χ4v) is 4.13. The van der Waals surface area contributed by atoms with Gasteiger partial charge in [-0.1, -0.05) is 54.9 Å². The lowest BCUT2D eigenvalue weighted by molar-refractivity contribution is -0.139. The fraction of sp³-hybridized carbons (Fsp3) is 0.222. The molecule has 1 aromatic heterocycles. The lowest BCUT2D eigenvalue weighted by atomic mass is 9.96. The lowest BCUT2D eigenvalue weighted by Gasteiger charge is -2.16. The first-order valence-corrected chi connectivity index (χ1v) is 12.0. The van der Waals surface area contributed by atoms with Gasteiger partial charge < -0.3 is 20.1 Å². The number of aliphatic imine (C=N–C) groups is 1. The predicted molar refractivity (Wildman–Crippen MR) is 147 cm³/mol. The van der Waals surface area contributed by atoms with Crippen molar-refractivity contribution in [3.63, 3.8) is 0 Å². The number of Topliss-reactive ketones (excluding diaryl/α,β-unsaturated/α-hetero) is 1. The van der Waals surface area contributed by atoms with Crippen LogP contribution in [0.25, 0.3) is 0 Å². The summed E-state index contributed by atoms with van der Waals surface area (Å²) in [5.74, 6) is -1.00. The number of anilines is 1. The number of amides is 1. The summed E-state index contributed by atoms with van der Waals surface area (Å²) in [6.45, 7) is 0.881. The number of likely N-dealkylation sites (N-methyl/N-ethyl adjacent to an activating group) is 1. The fourth-order valence-electron chi connectivity index (χ4n) is 3.81. The zero-order chi connectivity index (χ0) is 26.5. The van der Waals surface area contributed by atoms with Crippen LogP contribution in [0.3, 0.4) is 0 Å². The van der Waals surface area contributed by atoms with Gasteiger partial charge in [-0.15, -0.1) is 0 Å². The molecule has 9 nitrogen and oxygen atoms in total. The van der Waals surface area contributed by atoms with E-state index in [0.29, 0.717) is 10.6 Å². The number of pyridine rings is 1. The predicted octanol–water partition coefficient (Wildman–Crippen LogP) is 4.86. The molecule has 4 rings (SSSR count). The number of carbonyl (C=O) groups excluding carboxylic acids is 2. The Hall–Kier alpha value is -3.95. The Morgan fingerprint density at radius 1 is 1.08 bits per heavy atom. The SMILES string of the molecule is C.CN1CCN=C1c1ccc(C(=O)Cc2c(OCC(=O)O)cc(Cl)cc2C(=O)Nc2ccc(Cl)cn2)cc1. The van der Waals surface area contributed by atoms with Gasteiger partial charge in [0, 0.05) is 53.5 Å². The summed E-state index contributed by atoms with van der Waals surface area (Å²) in [7, 11) is 1.95. The van der Waals surface area contributed by atoms with Gasteiger partial charge in [0.2, 0.25) is 0 Å². The van der Waals surface area contributed by atoms with E-state index in [1.54, 1.807) is 18.2 Å². The van der Waals surface area contributed by atoms with Gasteiger partial charge in [0.1, 0.15) is 17.4 Å². The van der Waals surface area contributed by atoms with Gasteiger partial charge in [-0.25, -0.2) is 9.78 Å². The molecule has 2 heterocycles. The van der Waals surface area contributed by atoms with E-state index in [-0.39, 0.29) is 47.3 Å². The summed E-state index contributed by atoms with van der Waals surface area (Å²) in [6.07, 6.45) is 1.14. The molecule has 2 aromatic carbocycles. The molecule has 0 saturated carbocycles. The average Bonchev–Trinajstić information content (AvgIpc) is 3.30. The Morgan fingerprint density at radius 3 is 2.42 bits per heavy atom. The summed E-state index contributed by atoms with van der Waals surface area (Å²) in [5, 5.41) is 12.3. The number of nitrogens with zero attached hydrogens (tertiary/aromatic N) is 3. The summed E-state index contributed by atoms with van der Waals surface area (Å²) < 4.78 is 5.40. The van der Waals surface area contributed by atoms with Gasteiger partial charge in [0.05, 0.1) is 11.6 Å². The maximum atomic E-state index is 13.3. The van der Waals surface area contributed by atoms with E-state index < -0.39 is 18.5 Å². The minimum absolute atomic E-state index is 0. The molecule has 2 N–H and O–H groups in total. The minimum Gasteiger partial charge on any atom is -0.482 e. The molecule has 38 heavy (non-hydrogen) atoms. The summed E-state index contributed by atoms with van der Waals surface area (Å²) in [6, 6.07) is 12.9. The van der Waals surface area contributed by atoms with Crippen molar-refractivity contribution in [1.29, 1.82) is 0 Å². The molecule has 198 valence electrons. The highest BCUT2D eigenvalue weighted by Crippen LogP contribution is 2.30. The van der Waals surface area contributed by atoms with Crippen molar-refractivity contribution >= 4 is 52.5 Å². The number of halogens is 2. The lowest BCUT2D eigenvalue weighted by Crippen LogP contribution is -2.23. The van der Waals surface area contributed by atoms with Crippen LogP contribution in [0.2, 0.25) is 10.0 Å². The largest absolute Gasteiger partial charge is 0.482 e. The van der Waals surface area contributed by atoms with Gasteiger partial charge in [-0.3, -0.25) is 14.6 Å². The molecule has 0 unspecified atom stereocenters. The van der Waals surface area contributed by atoms with E-state index in [0.717, 1.165) is 24.5 Å². The van der Waals surface area contributed by atoms with Crippen molar-refractivity contribution in [3.05, 3.63) is 87.0 Å². The summed E-state index contributed by atoms with van der Waals surface area (Å²) in [4.78, 5) is 48.1. The molecule has 1 aliphatic rings. The van der Waals surface area contributed by atoms with Gasteiger partial charge in [0.15, 0.2) is 12.4 Å². The van der Waals surface area contributed by atoms with Crippen LogP contribution in [0.15, 0.2) is 59.7 Å². The summed E-state index contributed by atoms with van der Waals surface area (Å²) >= 11 is 12.1. The second-order valence-corrected chi connectivity index (χ2v) is 9.11. The second-order valence-electron chi connectivity index (χ2n) is 8.23. The van der Waals surface area contributed by atoms with Gasteiger partial charge >= 0.3 is 5.97 Å². The first-order chi connectivity index (χ1) is 17.7. The highest BCUT2D eigenvalue weighted by Gasteiger charge is 2.22. The highest BCUT2D eigenvalue weighted by atomic mass is 35.5. The first kappa shape index (κ1) is 28.6. The molecular formula is C27H26Cl2N4O5. The Labute approximate surface area is 230 Å². The molecule has 0 aliphatic carbocycles. The zero-order valence-corrected chi connectivity index (χ0v) is 21.2. The Morgan fingerprint density at radius 2 is 1.82 bits per heavy atom. The average molecular weight is 557 g/mol. The number of hydrogen-bond acceptors (Lipinski definition) is 7. The van der Waals surface area contributed by atoms with Crippen molar-refractivity contribution in [1.82, 2.24) is 9.88 Å². The molecule has 1 aliphatic heterocycles. The van der Waals surface area contributed by atoms with Crippen molar-refractivity contribution in [2.24, 2.45) is 4.99 Å². The third-order valence-corrected chi connectivity index (χ3v) is 6.04. The molecule has 0 saturated heterocycles. The highest BCUT2D eigenvalue weighted by molar-refractivity contribution is 6.31. The van der Waals surface area contributed by atoms with Crippen molar-refractivity contribution in [2.75, 3.05) is 32.1 Å². The van der Waals surface area contributed by atoms with Crippen molar-refractivity contribution in [2.45, 2.75) is 13.8 Å². The van der Waals surface area contributed by atoms with E-state index in [1.165, 1.54) is 24.4 Å². The van der Waals surface area contributed by atoms with E-state index in [1.807, 2.05) is 24.1 Å². The molecule has 1 amide bonds. The van der Waals surface area contributed by atoms with E-state index in [2.05, 4.69) is 15.3 Å². The van der Waals surface area contributed by atoms with Crippen LogP contribution >= 0.6 is 23.2 Å². The van der Waals surface area contributed by atoms with Gasteiger partial charge in [-0.05, 0) is 24.3 Å². The first-order valence-electron chi connectivity index (χ1n) is 11.2. The van der Waals surface area contributed by atoms with Crippen LogP contribution < -0.4 is 10.1 Å². The Balaban J connectivity index is 0.00000400. The number of aromatic nitrogens is 1. The van der Waals surface area contributed by atoms with E-state index in [4.69, 9.17) is 33.0 Å². The minimum atomic E-state index is -1.22. The van der Waals surface area contributed by atoms with Crippen LogP contribution in [0, 0.1) is 0 Å².